The SMILES string of the molecule is Cl.Cl.Nc1[nH]ncc1-c1ccc(NC(=O)C(N)Cc2ccccc2)cc1. The highest BCUT2D eigenvalue weighted by molar-refractivity contribution is 5.95. The summed E-state index contributed by atoms with van der Waals surface area (Å²) in [5.74, 6) is 0.297. The summed E-state index contributed by atoms with van der Waals surface area (Å²) in [4.78, 5) is 12.2. The Bertz CT molecular complexity index is 821. The van der Waals surface area contributed by atoms with Crippen LogP contribution in [0.4, 0.5) is 11.5 Å². The Morgan fingerprint density at radius 1 is 1.08 bits per heavy atom. The van der Waals surface area contributed by atoms with E-state index in [1.807, 2.05) is 54.6 Å². The Morgan fingerprint density at radius 2 is 1.73 bits per heavy atom. The highest BCUT2D eigenvalue weighted by Gasteiger charge is 2.14. The van der Waals surface area contributed by atoms with Crippen molar-refractivity contribution in [1.29, 1.82) is 0 Å². The zero-order chi connectivity index (χ0) is 16.9. The lowest BCUT2D eigenvalue weighted by atomic mass is 10.1. The lowest BCUT2D eigenvalue weighted by Gasteiger charge is -2.12. The van der Waals surface area contributed by atoms with Gasteiger partial charge in [-0.3, -0.25) is 9.89 Å². The van der Waals surface area contributed by atoms with Gasteiger partial charge in [0, 0.05) is 11.3 Å². The highest BCUT2D eigenvalue weighted by atomic mass is 35.5. The predicted molar refractivity (Wildman–Crippen MR) is 110 cm³/mol. The van der Waals surface area contributed by atoms with Crippen molar-refractivity contribution in [1.82, 2.24) is 10.2 Å². The Balaban J connectivity index is 0.00000169. The van der Waals surface area contributed by atoms with E-state index >= 15 is 0 Å². The van der Waals surface area contributed by atoms with Gasteiger partial charge in [0.25, 0.3) is 0 Å². The number of carbonyl (C=O) groups is 1. The van der Waals surface area contributed by atoms with Crippen molar-refractivity contribution in [2.45, 2.75) is 12.5 Å². The van der Waals surface area contributed by atoms with E-state index in [2.05, 4.69) is 15.5 Å². The maximum absolute atomic E-state index is 12.2. The first kappa shape index (κ1) is 21.5. The quantitative estimate of drug-likeness (QED) is 0.533. The van der Waals surface area contributed by atoms with Gasteiger partial charge in [-0.15, -0.1) is 24.8 Å². The first-order chi connectivity index (χ1) is 11.6. The van der Waals surface area contributed by atoms with Crippen LogP contribution in [0.15, 0.2) is 60.8 Å². The van der Waals surface area contributed by atoms with Crippen LogP contribution in [0.1, 0.15) is 5.56 Å². The van der Waals surface area contributed by atoms with Crippen LogP contribution in [0.3, 0.4) is 0 Å². The van der Waals surface area contributed by atoms with Crippen molar-refractivity contribution in [2.24, 2.45) is 5.73 Å². The molecule has 0 spiro atoms. The van der Waals surface area contributed by atoms with Crippen molar-refractivity contribution in [3.8, 4) is 11.1 Å². The van der Waals surface area contributed by atoms with Crippen molar-refractivity contribution >= 4 is 42.2 Å². The number of aromatic nitrogens is 2. The van der Waals surface area contributed by atoms with Crippen molar-refractivity contribution < 1.29 is 4.79 Å². The van der Waals surface area contributed by atoms with Crippen LogP contribution >= 0.6 is 24.8 Å². The fourth-order valence-corrected chi connectivity index (χ4v) is 2.45. The Hall–Kier alpha value is -2.54. The first-order valence-corrected chi connectivity index (χ1v) is 7.63. The summed E-state index contributed by atoms with van der Waals surface area (Å²) in [5, 5.41) is 9.42. The average Bonchev–Trinajstić information content (AvgIpc) is 3.02. The van der Waals surface area contributed by atoms with Gasteiger partial charge in [-0.05, 0) is 29.7 Å². The number of nitrogen functional groups attached to an aromatic ring is 1. The molecule has 0 saturated carbocycles. The van der Waals surface area contributed by atoms with Gasteiger partial charge in [0.1, 0.15) is 5.82 Å². The number of hydrogen-bond acceptors (Lipinski definition) is 4. The fraction of sp³-hybridized carbons (Fsp3) is 0.111. The number of nitrogens with two attached hydrogens (primary N) is 2. The molecular weight excluding hydrogens is 373 g/mol. The van der Waals surface area contributed by atoms with Crippen LogP contribution in [0, 0.1) is 0 Å². The molecule has 3 aromatic rings. The minimum absolute atomic E-state index is 0. The van der Waals surface area contributed by atoms with Gasteiger partial charge < -0.3 is 16.8 Å². The maximum atomic E-state index is 12.2. The van der Waals surface area contributed by atoms with Crippen LogP contribution in [0.25, 0.3) is 11.1 Å². The predicted octanol–water partition coefficient (Wildman–Crippen LogP) is 3.01. The number of amides is 1. The van der Waals surface area contributed by atoms with Gasteiger partial charge >= 0.3 is 0 Å². The van der Waals surface area contributed by atoms with Gasteiger partial charge in [0.05, 0.1) is 12.2 Å². The molecule has 0 radical (unpaired) electrons. The zero-order valence-corrected chi connectivity index (χ0v) is 15.5. The van der Waals surface area contributed by atoms with E-state index in [0.717, 1.165) is 16.7 Å². The molecule has 26 heavy (non-hydrogen) atoms. The van der Waals surface area contributed by atoms with Gasteiger partial charge in [-0.1, -0.05) is 42.5 Å². The lowest BCUT2D eigenvalue weighted by molar-refractivity contribution is -0.117. The Morgan fingerprint density at radius 3 is 2.31 bits per heavy atom. The second-order valence-electron chi connectivity index (χ2n) is 5.56. The Kier molecular flexibility index (Phi) is 8.12. The molecule has 2 aromatic carbocycles. The van der Waals surface area contributed by atoms with Crippen LogP contribution in [-0.4, -0.2) is 22.1 Å². The van der Waals surface area contributed by atoms with E-state index in [0.29, 0.717) is 17.9 Å². The molecule has 8 heteroatoms. The molecule has 1 amide bonds. The van der Waals surface area contributed by atoms with Gasteiger partial charge in [0.15, 0.2) is 0 Å². The van der Waals surface area contributed by atoms with E-state index in [9.17, 15) is 4.79 Å². The van der Waals surface area contributed by atoms with Gasteiger partial charge in [-0.2, -0.15) is 5.10 Å². The molecule has 0 aliphatic heterocycles. The molecule has 138 valence electrons. The third-order valence-corrected chi connectivity index (χ3v) is 3.77. The standard InChI is InChI=1S/C18H19N5O.2ClH/c19-16(10-12-4-2-1-3-5-12)18(24)22-14-8-6-13(7-9-14)15-11-21-23-17(15)20;;/h1-9,11,16H,10,19H2,(H,22,24)(H3,20,21,23);2*1H. The minimum atomic E-state index is -0.600. The summed E-state index contributed by atoms with van der Waals surface area (Å²) in [6.45, 7) is 0. The molecule has 0 saturated heterocycles. The second-order valence-corrected chi connectivity index (χ2v) is 5.56. The van der Waals surface area contributed by atoms with E-state index in [-0.39, 0.29) is 30.7 Å². The van der Waals surface area contributed by atoms with Crippen LogP contribution in [0.2, 0.25) is 0 Å². The molecule has 6 nitrogen and oxygen atoms in total. The van der Waals surface area contributed by atoms with Crippen molar-refractivity contribution in [3.63, 3.8) is 0 Å². The third kappa shape index (κ3) is 5.23. The number of nitrogens with one attached hydrogen (secondary N) is 2. The number of rotatable bonds is 5. The highest BCUT2D eigenvalue weighted by Crippen LogP contribution is 2.24. The molecule has 0 bridgehead atoms. The summed E-state index contributed by atoms with van der Waals surface area (Å²) in [6, 6.07) is 16.5. The van der Waals surface area contributed by atoms with Gasteiger partial charge in [-0.25, -0.2) is 0 Å². The minimum Gasteiger partial charge on any atom is -0.384 e. The van der Waals surface area contributed by atoms with E-state index < -0.39 is 6.04 Å². The number of nitrogens with zero attached hydrogens (tertiary/aromatic N) is 1. The molecule has 3 rings (SSSR count). The number of benzene rings is 2. The summed E-state index contributed by atoms with van der Waals surface area (Å²) >= 11 is 0. The van der Waals surface area contributed by atoms with E-state index in [1.165, 1.54) is 0 Å². The number of carbonyl (C=O) groups excluding carboxylic acids is 1. The second kappa shape index (κ2) is 9.82. The van der Waals surface area contributed by atoms with Crippen molar-refractivity contribution in [2.75, 3.05) is 11.1 Å². The molecule has 1 aromatic heterocycles. The largest absolute Gasteiger partial charge is 0.384 e. The summed E-state index contributed by atoms with van der Waals surface area (Å²) in [6.07, 6.45) is 2.16. The topological polar surface area (TPSA) is 110 Å². The molecule has 0 aliphatic carbocycles. The molecular formula is C18H21Cl2N5O. The smallest absolute Gasteiger partial charge is 0.241 e. The van der Waals surface area contributed by atoms with Crippen LogP contribution < -0.4 is 16.8 Å². The molecule has 0 aliphatic rings. The number of anilines is 2. The van der Waals surface area contributed by atoms with E-state index in [1.54, 1.807) is 6.20 Å². The molecule has 1 unspecified atom stereocenters. The fourth-order valence-electron chi connectivity index (χ4n) is 2.45. The summed E-state index contributed by atoms with van der Waals surface area (Å²) in [5.41, 5.74) is 15.3. The average molecular weight is 394 g/mol. The Labute approximate surface area is 164 Å². The molecule has 0 fully saturated rings. The lowest BCUT2D eigenvalue weighted by Crippen LogP contribution is -2.37. The number of hydrogen-bond donors (Lipinski definition) is 4. The molecule has 1 heterocycles. The monoisotopic (exact) mass is 393 g/mol. The maximum Gasteiger partial charge on any atom is 0.241 e. The summed E-state index contributed by atoms with van der Waals surface area (Å²) in [7, 11) is 0. The third-order valence-electron chi connectivity index (χ3n) is 3.77. The summed E-state index contributed by atoms with van der Waals surface area (Å²) < 4.78 is 0. The van der Waals surface area contributed by atoms with Crippen LogP contribution in [0.5, 0.6) is 0 Å². The zero-order valence-electron chi connectivity index (χ0n) is 13.9. The normalized spacial score (nSPS) is 11.0. The molecule has 6 N–H and O–H groups in total. The number of H-pyrrole nitrogens is 1. The number of aromatic amines is 1. The molecule has 1 atom stereocenters. The van der Waals surface area contributed by atoms with Crippen LogP contribution in [-0.2, 0) is 11.2 Å². The number of halogens is 2. The van der Waals surface area contributed by atoms with Crippen molar-refractivity contribution in [3.05, 3.63) is 66.4 Å². The first-order valence-electron chi connectivity index (χ1n) is 7.63. The van der Waals surface area contributed by atoms with E-state index in [4.69, 9.17) is 11.5 Å². The van der Waals surface area contributed by atoms with Gasteiger partial charge in [0.2, 0.25) is 5.91 Å².